The van der Waals surface area contributed by atoms with E-state index in [4.69, 9.17) is 0 Å². The van der Waals surface area contributed by atoms with Gasteiger partial charge in [0, 0.05) is 37.8 Å². The quantitative estimate of drug-likeness (QED) is 0.751. The summed E-state index contributed by atoms with van der Waals surface area (Å²) in [6, 6.07) is 0. The first-order valence-corrected chi connectivity index (χ1v) is 7.25. The van der Waals surface area contributed by atoms with Gasteiger partial charge in [-0.1, -0.05) is 0 Å². The van der Waals surface area contributed by atoms with Crippen molar-refractivity contribution in [1.82, 2.24) is 15.2 Å². The van der Waals surface area contributed by atoms with Crippen molar-refractivity contribution >= 4 is 11.3 Å². The van der Waals surface area contributed by atoms with E-state index in [1.54, 1.807) is 6.20 Å². The second-order valence-electron chi connectivity index (χ2n) is 4.47. The van der Waals surface area contributed by atoms with Crippen LogP contribution in [0.4, 0.5) is 0 Å². The zero-order chi connectivity index (χ0) is 11.9. The first-order chi connectivity index (χ1) is 8.36. The molecule has 5 heteroatoms. The molecule has 0 amide bonds. The maximum atomic E-state index is 9.87. The number of thiazole rings is 1. The Kier molecular flexibility index (Phi) is 5.38. The Morgan fingerprint density at radius 3 is 2.94 bits per heavy atom. The number of nitrogens with zero attached hydrogens (tertiary/aromatic N) is 2. The number of hydrogen-bond donors (Lipinski definition) is 2. The molecular weight excluding hydrogens is 234 g/mol. The first-order valence-electron chi connectivity index (χ1n) is 6.37. The number of rotatable bonds is 6. The van der Waals surface area contributed by atoms with Gasteiger partial charge in [-0.15, -0.1) is 11.3 Å². The zero-order valence-electron chi connectivity index (χ0n) is 10.1. The average molecular weight is 255 g/mol. The number of aromatic nitrogens is 1. The molecule has 0 spiro atoms. The normalized spacial score (nSPS) is 19.4. The Morgan fingerprint density at radius 1 is 1.41 bits per heavy atom. The summed E-state index contributed by atoms with van der Waals surface area (Å²) < 4.78 is 0. The van der Waals surface area contributed by atoms with Gasteiger partial charge in [0.05, 0.1) is 0 Å². The third kappa shape index (κ3) is 4.35. The zero-order valence-corrected chi connectivity index (χ0v) is 11.0. The number of hydrogen-bond acceptors (Lipinski definition) is 5. The van der Waals surface area contributed by atoms with E-state index in [1.165, 1.54) is 17.8 Å². The van der Waals surface area contributed by atoms with E-state index in [1.807, 2.05) is 5.38 Å². The minimum atomic E-state index is -0.363. The standard InChI is InChI=1S/C12H21N3OS/c16-11(12-14-6-10-17-12)3-1-2-7-15-8-4-13-5-9-15/h6,10-11,13,16H,1-5,7-9H2. The number of aliphatic hydroxyl groups is 1. The summed E-state index contributed by atoms with van der Waals surface area (Å²) in [6.45, 7) is 5.71. The SMILES string of the molecule is OC(CCCCN1CCNCC1)c1nccs1. The van der Waals surface area contributed by atoms with Crippen molar-refractivity contribution in [2.45, 2.75) is 25.4 Å². The smallest absolute Gasteiger partial charge is 0.121 e. The highest BCUT2D eigenvalue weighted by atomic mass is 32.1. The van der Waals surface area contributed by atoms with Crippen LogP contribution in [0.3, 0.4) is 0 Å². The Morgan fingerprint density at radius 2 is 2.24 bits per heavy atom. The van der Waals surface area contributed by atoms with Crippen LogP contribution in [-0.4, -0.2) is 47.7 Å². The minimum Gasteiger partial charge on any atom is -0.386 e. The topological polar surface area (TPSA) is 48.4 Å². The molecule has 0 aliphatic carbocycles. The lowest BCUT2D eigenvalue weighted by atomic mass is 10.1. The maximum Gasteiger partial charge on any atom is 0.121 e. The monoisotopic (exact) mass is 255 g/mol. The fraction of sp³-hybridized carbons (Fsp3) is 0.750. The third-order valence-corrected chi connectivity index (χ3v) is 4.02. The lowest BCUT2D eigenvalue weighted by molar-refractivity contribution is 0.159. The lowest BCUT2D eigenvalue weighted by Crippen LogP contribution is -2.43. The first kappa shape index (κ1) is 13.0. The van der Waals surface area contributed by atoms with Gasteiger partial charge in [-0.2, -0.15) is 0 Å². The van der Waals surface area contributed by atoms with Crippen LogP contribution >= 0.6 is 11.3 Å². The molecule has 1 aromatic rings. The molecule has 2 heterocycles. The van der Waals surface area contributed by atoms with Crippen molar-refractivity contribution in [3.8, 4) is 0 Å². The molecular formula is C12H21N3OS. The van der Waals surface area contributed by atoms with Gasteiger partial charge in [0.2, 0.25) is 0 Å². The van der Waals surface area contributed by atoms with Crippen LogP contribution in [0, 0.1) is 0 Å². The van der Waals surface area contributed by atoms with Crippen molar-refractivity contribution in [2.75, 3.05) is 32.7 Å². The summed E-state index contributed by atoms with van der Waals surface area (Å²) in [5.74, 6) is 0. The molecule has 0 aromatic carbocycles. The summed E-state index contributed by atoms with van der Waals surface area (Å²) in [5.41, 5.74) is 0. The van der Waals surface area contributed by atoms with E-state index in [0.29, 0.717) is 0 Å². The van der Waals surface area contributed by atoms with E-state index in [0.717, 1.165) is 50.6 Å². The molecule has 0 bridgehead atoms. The second kappa shape index (κ2) is 7.06. The summed E-state index contributed by atoms with van der Waals surface area (Å²) in [6.07, 6.45) is 4.47. The van der Waals surface area contributed by atoms with Gasteiger partial charge in [0.1, 0.15) is 11.1 Å². The molecule has 1 saturated heterocycles. The molecule has 1 atom stereocenters. The van der Waals surface area contributed by atoms with Gasteiger partial charge in [0.25, 0.3) is 0 Å². The molecule has 2 rings (SSSR count). The predicted octanol–water partition coefficient (Wildman–Crippen LogP) is 1.25. The highest BCUT2D eigenvalue weighted by molar-refractivity contribution is 7.09. The highest BCUT2D eigenvalue weighted by Gasteiger charge is 2.11. The Balaban J connectivity index is 1.56. The van der Waals surface area contributed by atoms with Gasteiger partial charge < -0.3 is 15.3 Å². The molecule has 0 saturated carbocycles. The molecule has 1 aliphatic rings. The summed E-state index contributed by atoms with van der Waals surface area (Å²) in [5, 5.41) is 16.0. The van der Waals surface area contributed by atoms with Crippen molar-refractivity contribution in [1.29, 1.82) is 0 Å². The van der Waals surface area contributed by atoms with E-state index in [-0.39, 0.29) is 6.10 Å². The Labute approximate surface area is 107 Å². The van der Waals surface area contributed by atoms with E-state index >= 15 is 0 Å². The number of nitrogens with one attached hydrogen (secondary N) is 1. The molecule has 2 N–H and O–H groups in total. The Bertz CT molecular complexity index is 299. The molecule has 1 unspecified atom stereocenters. The number of piperazine rings is 1. The van der Waals surface area contributed by atoms with E-state index in [9.17, 15) is 5.11 Å². The summed E-state index contributed by atoms with van der Waals surface area (Å²) in [4.78, 5) is 6.63. The Hall–Kier alpha value is -0.490. The van der Waals surface area contributed by atoms with Gasteiger partial charge in [-0.3, -0.25) is 0 Å². The van der Waals surface area contributed by atoms with Crippen LogP contribution < -0.4 is 5.32 Å². The van der Waals surface area contributed by atoms with E-state index < -0.39 is 0 Å². The van der Waals surface area contributed by atoms with Gasteiger partial charge in [-0.05, 0) is 25.8 Å². The van der Waals surface area contributed by atoms with Crippen LogP contribution in [0.2, 0.25) is 0 Å². The molecule has 1 fully saturated rings. The minimum absolute atomic E-state index is 0.363. The predicted molar refractivity (Wildman–Crippen MR) is 70.2 cm³/mol. The molecule has 1 aromatic heterocycles. The van der Waals surface area contributed by atoms with Crippen molar-refractivity contribution in [2.24, 2.45) is 0 Å². The van der Waals surface area contributed by atoms with Crippen LogP contribution in [0.25, 0.3) is 0 Å². The molecule has 96 valence electrons. The maximum absolute atomic E-state index is 9.87. The molecule has 17 heavy (non-hydrogen) atoms. The highest BCUT2D eigenvalue weighted by Crippen LogP contribution is 2.20. The van der Waals surface area contributed by atoms with Crippen LogP contribution in [-0.2, 0) is 0 Å². The number of unbranched alkanes of at least 4 members (excludes halogenated alkanes) is 1. The van der Waals surface area contributed by atoms with Gasteiger partial charge in [0.15, 0.2) is 0 Å². The van der Waals surface area contributed by atoms with E-state index in [2.05, 4.69) is 15.2 Å². The lowest BCUT2D eigenvalue weighted by Gasteiger charge is -2.27. The van der Waals surface area contributed by atoms with Crippen LogP contribution in [0.5, 0.6) is 0 Å². The largest absolute Gasteiger partial charge is 0.386 e. The van der Waals surface area contributed by atoms with Crippen molar-refractivity contribution in [3.05, 3.63) is 16.6 Å². The molecule has 1 aliphatic heterocycles. The van der Waals surface area contributed by atoms with Gasteiger partial charge in [-0.25, -0.2) is 4.98 Å². The second-order valence-corrected chi connectivity index (χ2v) is 5.40. The third-order valence-electron chi connectivity index (χ3n) is 3.15. The van der Waals surface area contributed by atoms with Crippen LogP contribution in [0.1, 0.15) is 30.4 Å². The van der Waals surface area contributed by atoms with Crippen molar-refractivity contribution < 1.29 is 5.11 Å². The van der Waals surface area contributed by atoms with Crippen molar-refractivity contribution in [3.63, 3.8) is 0 Å². The fourth-order valence-electron chi connectivity index (χ4n) is 2.13. The number of aliphatic hydroxyl groups excluding tert-OH is 1. The summed E-state index contributed by atoms with van der Waals surface area (Å²) >= 11 is 1.54. The summed E-state index contributed by atoms with van der Waals surface area (Å²) in [7, 11) is 0. The molecule has 4 nitrogen and oxygen atoms in total. The fourth-order valence-corrected chi connectivity index (χ4v) is 2.79. The average Bonchev–Trinajstić information content (AvgIpc) is 2.89. The molecule has 0 radical (unpaired) electrons. The van der Waals surface area contributed by atoms with Gasteiger partial charge >= 0.3 is 0 Å². The van der Waals surface area contributed by atoms with Crippen LogP contribution in [0.15, 0.2) is 11.6 Å².